The number of carbonyl (C=O) groups excluding carboxylic acids is 1. The summed E-state index contributed by atoms with van der Waals surface area (Å²) in [5, 5.41) is 2.89. The summed E-state index contributed by atoms with van der Waals surface area (Å²) >= 11 is 0. The molecule has 6 nitrogen and oxygen atoms in total. The molecule has 0 bridgehead atoms. The van der Waals surface area contributed by atoms with Crippen LogP contribution in [0.4, 0.5) is 11.4 Å². The standard InChI is InChI=1S/C25H28N2O4S/c1-25(2,3)22-12-8-9-13-23(22)26-24(28)18-27(19-14-16-20(31-4)17-15-19)32(29,30)21-10-6-5-7-11-21/h5-17H,18H2,1-4H3,(H,26,28). The molecule has 1 N–H and O–H groups in total. The molecule has 0 aliphatic heterocycles. The van der Waals surface area contributed by atoms with Gasteiger partial charge in [0.2, 0.25) is 5.91 Å². The van der Waals surface area contributed by atoms with Crippen molar-refractivity contribution in [2.75, 3.05) is 23.3 Å². The number of carbonyl (C=O) groups is 1. The van der Waals surface area contributed by atoms with E-state index in [4.69, 9.17) is 4.74 Å². The van der Waals surface area contributed by atoms with Gasteiger partial charge < -0.3 is 10.1 Å². The van der Waals surface area contributed by atoms with Crippen LogP contribution in [0.15, 0.2) is 83.8 Å². The van der Waals surface area contributed by atoms with Gasteiger partial charge >= 0.3 is 0 Å². The highest BCUT2D eigenvalue weighted by Gasteiger charge is 2.28. The number of hydrogen-bond donors (Lipinski definition) is 1. The predicted molar refractivity (Wildman–Crippen MR) is 128 cm³/mol. The van der Waals surface area contributed by atoms with E-state index in [2.05, 4.69) is 26.1 Å². The van der Waals surface area contributed by atoms with Crippen LogP contribution in [0.5, 0.6) is 5.75 Å². The van der Waals surface area contributed by atoms with Gasteiger partial charge in [0.15, 0.2) is 0 Å². The molecule has 0 aromatic heterocycles. The molecular formula is C25H28N2O4S. The number of hydrogen-bond acceptors (Lipinski definition) is 4. The van der Waals surface area contributed by atoms with Crippen LogP contribution >= 0.6 is 0 Å². The molecule has 0 aliphatic rings. The van der Waals surface area contributed by atoms with Crippen molar-refractivity contribution in [2.24, 2.45) is 0 Å². The first-order chi connectivity index (χ1) is 15.1. The van der Waals surface area contributed by atoms with Crippen LogP contribution < -0.4 is 14.4 Å². The third-order valence-electron chi connectivity index (χ3n) is 4.99. The second kappa shape index (κ2) is 9.44. The van der Waals surface area contributed by atoms with Crippen LogP contribution in [0.25, 0.3) is 0 Å². The maximum absolute atomic E-state index is 13.4. The van der Waals surface area contributed by atoms with Gasteiger partial charge in [-0.1, -0.05) is 57.2 Å². The Hall–Kier alpha value is -3.32. The van der Waals surface area contributed by atoms with Crippen molar-refractivity contribution in [3.05, 3.63) is 84.4 Å². The van der Waals surface area contributed by atoms with Gasteiger partial charge in [-0.15, -0.1) is 0 Å². The van der Waals surface area contributed by atoms with E-state index in [1.165, 1.54) is 19.2 Å². The van der Waals surface area contributed by atoms with Crippen LogP contribution in [0.3, 0.4) is 0 Å². The summed E-state index contributed by atoms with van der Waals surface area (Å²) in [4.78, 5) is 13.1. The second-order valence-electron chi connectivity index (χ2n) is 8.37. The monoisotopic (exact) mass is 452 g/mol. The van der Waals surface area contributed by atoms with E-state index in [1.807, 2.05) is 24.3 Å². The fraction of sp³-hybridized carbons (Fsp3) is 0.240. The molecule has 0 saturated heterocycles. The van der Waals surface area contributed by atoms with Gasteiger partial charge in [0.05, 0.1) is 17.7 Å². The number of rotatable bonds is 7. The van der Waals surface area contributed by atoms with E-state index in [9.17, 15) is 13.2 Å². The average Bonchev–Trinajstić information content (AvgIpc) is 2.78. The third kappa shape index (κ3) is 5.29. The number of ether oxygens (including phenoxy) is 1. The smallest absolute Gasteiger partial charge is 0.264 e. The van der Waals surface area contributed by atoms with E-state index in [0.29, 0.717) is 17.1 Å². The SMILES string of the molecule is COc1ccc(N(CC(=O)Nc2ccccc2C(C)(C)C)S(=O)(=O)c2ccccc2)cc1. The molecule has 0 atom stereocenters. The summed E-state index contributed by atoms with van der Waals surface area (Å²) in [5.74, 6) is 0.159. The van der Waals surface area contributed by atoms with Gasteiger partial charge in [0.25, 0.3) is 10.0 Å². The van der Waals surface area contributed by atoms with Gasteiger partial charge in [-0.25, -0.2) is 8.42 Å². The maximum Gasteiger partial charge on any atom is 0.264 e. The Morgan fingerprint density at radius 3 is 2.09 bits per heavy atom. The van der Waals surface area contributed by atoms with Crippen molar-refractivity contribution in [1.82, 2.24) is 0 Å². The Kier molecular flexibility index (Phi) is 6.89. The molecule has 0 radical (unpaired) electrons. The molecule has 32 heavy (non-hydrogen) atoms. The highest BCUT2D eigenvalue weighted by molar-refractivity contribution is 7.92. The maximum atomic E-state index is 13.4. The lowest BCUT2D eigenvalue weighted by atomic mass is 9.86. The molecule has 1 amide bonds. The first-order valence-electron chi connectivity index (χ1n) is 10.2. The normalized spacial score (nSPS) is 11.6. The number of sulfonamides is 1. The molecule has 0 aliphatic carbocycles. The Labute approximate surface area is 189 Å². The number of methoxy groups -OCH3 is 1. The predicted octanol–water partition coefficient (Wildman–Crippen LogP) is 4.83. The minimum Gasteiger partial charge on any atom is -0.497 e. The van der Waals surface area contributed by atoms with Crippen molar-refractivity contribution >= 4 is 27.3 Å². The number of benzene rings is 3. The Morgan fingerprint density at radius 1 is 0.906 bits per heavy atom. The van der Waals surface area contributed by atoms with Crippen LogP contribution in [0.2, 0.25) is 0 Å². The van der Waals surface area contributed by atoms with Gasteiger partial charge in [-0.2, -0.15) is 0 Å². The molecule has 3 aromatic rings. The largest absolute Gasteiger partial charge is 0.497 e. The fourth-order valence-corrected chi connectivity index (χ4v) is 4.79. The highest BCUT2D eigenvalue weighted by atomic mass is 32.2. The molecule has 0 spiro atoms. The van der Waals surface area contributed by atoms with E-state index < -0.39 is 15.9 Å². The molecule has 0 unspecified atom stereocenters. The number of nitrogens with zero attached hydrogens (tertiary/aromatic N) is 1. The average molecular weight is 453 g/mol. The van der Waals surface area contributed by atoms with Crippen LogP contribution in [0.1, 0.15) is 26.3 Å². The van der Waals surface area contributed by atoms with Crippen molar-refractivity contribution in [1.29, 1.82) is 0 Å². The molecule has 0 heterocycles. The van der Waals surface area contributed by atoms with Crippen molar-refractivity contribution in [2.45, 2.75) is 31.1 Å². The van der Waals surface area contributed by atoms with E-state index >= 15 is 0 Å². The molecule has 3 aromatic carbocycles. The number of nitrogens with one attached hydrogen (secondary N) is 1. The first kappa shape index (κ1) is 23.3. The van der Waals surface area contributed by atoms with Gasteiger partial charge in [-0.3, -0.25) is 9.10 Å². The number of para-hydroxylation sites is 1. The Balaban J connectivity index is 1.95. The quantitative estimate of drug-likeness (QED) is 0.557. The third-order valence-corrected chi connectivity index (χ3v) is 6.78. The molecule has 0 fully saturated rings. The van der Waals surface area contributed by atoms with Gasteiger partial charge in [0.1, 0.15) is 12.3 Å². The molecule has 3 rings (SSSR count). The van der Waals surface area contributed by atoms with Crippen LogP contribution in [-0.2, 0) is 20.2 Å². The first-order valence-corrected chi connectivity index (χ1v) is 11.7. The summed E-state index contributed by atoms with van der Waals surface area (Å²) in [6, 6.07) is 22.2. The van der Waals surface area contributed by atoms with E-state index in [1.54, 1.807) is 42.5 Å². The summed E-state index contributed by atoms with van der Waals surface area (Å²) in [6.07, 6.45) is 0. The lowest BCUT2D eigenvalue weighted by Crippen LogP contribution is -2.38. The Morgan fingerprint density at radius 2 is 1.50 bits per heavy atom. The summed E-state index contributed by atoms with van der Waals surface area (Å²) in [5.41, 5.74) is 1.82. The molecule has 7 heteroatoms. The fourth-order valence-electron chi connectivity index (χ4n) is 3.35. The molecule has 168 valence electrons. The van der Waals surface area contributed by atoms with Crippen molar-refractivity contribution < 1.29 is 17.9 Å². The summed E-state index contributed by atoms with van der Waals surface area (Å²) in [6.45, 7) is 5.80. The molecular weight excluding hydrogens is 424 g/mol. The minimum atomic E-state index is -3.97. The number of amides is 1. The minimum absolute atomic E-state index is 0.110. The number of anilines is 2. The Bertz CT molecular complexity index is 1170. The van der Waals surface area contributed by atoms with Gasteiger partial charge in [0, 0.05) is 5.69 Å². The van der Waals surface area contributed by atoms with Crippen molar-refractivity contribution in [3.63, 3.8) is 0 Å². The van der Waals surface area contributed by atoms with E-state index in [-0.39, 0.29) is 16.9 Å². The molecule has 0 saturated carbocycles. The van der Waals surface area contributed by atoms with Crippen molar-refractivity contribution in [3.8, 4) is 5.75 Å². The summed E-state index contributed by atoms with van der Waals surface area (Å²) in [7, 11) is -2.43. The lowest BCUT2D eigenvalue weighted by molar-refractivity contribution is -0.114. The second-order valence-corrected chi connectivity index (χ2v) is 10.2. The van der Waals surface area contributed by atoms with Gasteiger partial charge in [-0.05, 0) is 53.4 Å². The van der Waals surface area contributed by atoms with E-state index in [0.717, 1.165) is 9.87 Å². The zero-order chi connectivity index (χ0) is 23.4. The highest BCUT2D eigenvalue weighted by Crippen LogP contribution is 2.30. The summed E-state index contributed by atoms with van der Waals surface area (Å²) < 4.78 is 33.1. The lowest BCUT2D eigenvalue weighted by Gasteiger charge is -2.26. The van der Waals surface area contributed by atoms with Crippen LogP contribution in [-0.4, -0.2) is 28.0 Å². The van der Waals surface area contributed by atoms with Crippen LogP contribution in [0, 0.1) is 0 Å². The zero-order valence-corrected chi connectivity index (χ0v) is 19.5. The zero-order valence-electron chi connectivity index (χ0n) is 18.7. The topological polar surface area (TPSA) is 75.7 Å².